The summed E-state index contributed by atoms with van der Waals surface area (Å²) in [5, 5.41) is 8.49. The molecule has 0 saturated carbocycles. The minimum absolute atomic E-state index is 0.214. The number of carbonyl (C=O) groups is 1. The molecule has 1 aliphatic rings. The molecule has 0 spiro atoms. The van der Waals surface area contributed by atoms with Gasteiger partial charge in [0.05, 0.1) is 12.0 Å². The molecule has 1 N–H and O–H groups in total. The summed E-state index contributed by atoms with van der Waals surface area (Å²) in [6, 6.07) is 0. The van der Waals surface area contributed by atoms with E-state index < -0.39 is 5.97 Å². The molecule has 0 radical (unpaired) electrons. The molecule has 0 aromatic carbocycles. The van der Waals surface area contributed by atoms with Crippen LogP contribution in [0.25, 0.3) is 0 Å². The van der Waals surface area contributed by atoms with E-state index in [2.05, 4.69) is 0 Å². The summed E-state index contributed by atoms with van der Waals surface area (Å²) < 4.78 is 5.09. The topological polar surface area (TPSA) is 46.5 Å². The maximum Gasteiger partial charge on any atom is 0.306 e. The van der Waals surface area contributed by atoms with Crippen LogP contribution in [0.4, 0.5) is 0 Å². The van der Waals surface area contributed by atoms with Gasteiger partial charge in [-0.05, 0) is 12.8 Å². The quantitative estimate of drug-likeness (QED) is 0.639. The van der Waals surface area contributed by atoms with Crippen LogP contribution >= 0.6 is 0 Å². The number of aliphatic carboxylic acids is 1. The molecule has 0 amide bonds. The summed E-state index contributed by atoms with van der Waals surface area (Å²) in [4.78, 5) is 10.3. The third-order valence-electron chi connectivity index (χ3n) is 1.83. The fraction of sp³-hybridized carbons (Fsp3) is 0.857. The molecule has 3 nitrogen and oxygen atoms in total. The van der Waals surface area contributed by atoms with Gasteiger partial charge in [0.15, 0.2) is 0 Å². The second-order valence-corrected chi connectivity index (χ2v) is 2.76. The Kier molecular flexibility index (Phi) is 2.27. The Morgan fingerprint density at radius 2 is 2.50 bits per heavy atom. The second-order valence-electron chi connectivity index (χ2n) is 2.76. The van der Waals surface area contributed by atoms with Crippen LogP contribution in [0, 0.1) is 5.92 Å². The van der Waals surface area contributed by atoms with E-state index in [-0.39, 0.29) is 12.0 Å². The molecule has 1 aliphatic heterocycles. The summed E-state index contributed by atoms with van der Waals surface area (Å²) in [6.07, 6.45) is 1.90. The molecular formula is C7H12O3. The number of ether oxygens (including phenoxy) is 1. The molecule has 3 heteroatoms. The van der Waals surface area contributed by atoms with Crippen LogP contribution in [-0.2, 0) is 9.53 Å². The van der Waals surface area contributed by atoms with Crippen molar-refractivity contribution in [3.63, 3.8) is 0 Å². The van der Waals surface area contributed by atoms with E-state index in [1.807, 2.05) is 0 Å². The predicted octanol–water partition coefficient (Wildman–Crippen LogP) is 0.886. The lowest BCUT2D eigenvalue weighted by molar-refractivity contribution is -0.144. The number of rotatable bonds is 3. The predicted molar refractivity (Wildman–Crippen MR) is 35.8 cm³/mol. The van der Waals surface area contributed by atoms with E-state index >= 15 is 0 Å². The van der Waals surface area contributed by atoms with Crippen molar-refractivity contribution in [3.8, 4) is 0 Å². The molecule has 0 aromatic rings. The van der Waals surface area contributed by atoms with Crippen molar-refractivity contribution < 1.29 is 14.6 Å². The second kappa shape index (κ2) is 3.01. The van der Waals surface area contributed by atoms with E-state index in [1.165, 1.54) is 0 Å². The molecule has 10 heavy (non-hydrogen) atoms. The largest absolute Gasteiger partial charge is 0.481 e. The summed E-state index contributed by atoms with van der Waals surface area (Å²) in [6.45, 7) is 2.51. The Balaban J connectivity index is 2.16. The number of carboxylic acid groups (broad SMARTS) is 1. The van der Waals surface area contributed by atoms with Gasteiger partial charge < -0.3 is 9.84 Å². The average Bonchev–Trinajstić information content (AvgIpc) is 1.77. The number of hydrogen-bond donors (Lipinski definition) is 1. The highest BCUT2D eigenvalue weighted by atomic mass is 16.5. The summed E-state index contributed by atoms with van der Waals surface area (Å²) in [5.74, 6) is -0.985. The molecule has 0 aliphatic carbocycles. The first-order chi connectivity index (χ1) is 4.70. The van der Waals surface area contributed by atoms with Crippen molar-refractivity contribution in [2.24, 2.45) is 5.92 Å². The third kappa shape index (κ3) is 1.70. The Morgan fingerprint density at radius 3 is 2.80 bits per heavy atom. The first kappa shape index (κ1) is 7.54. The smallest absolute Gasteiger partial charge is 0.306 e. The van der Waals surface area contributed by atoms with Crippen molar-refractivity contribution in [2.45, 2.75) is 25.9 Å². The van der Waals surface area contributed by atoms with E-state index in [0.29, 0.717) is 6.42 Å². The first-order valence-electron chi connectivity index (χ1n) is 3.54. The standard InChI is InChI=1S/C7H12O3/c1-5(7(8)9)4-6-2-3-10-6/h5-6H,2-4H2,1H3,(H,8,9). The first-order valence-corrected chi connectivity index (χ1v) is 3.54. The maximum absolute atomic E-state index is 10.3. The molecule has 1 heterocycles. The SMILES string of the molecule is CC(CC1CCO1)C(=O)O. The molecular weight excluding hydrogens is 132 g/mol. The Hall–Kier alpha value is -0.570. The van der Waals surface area contributed by atoms with Crippen molar-refractivity contribution >= 4 is 5.97 Å². The van der Waals surface area contributed by atoms with Crippen LogP contribution in [0.15, 0.2) is 0 Å². The van der Waals surface area contributed by atoms with Crippen LogP contribution in [0.3, 0.4) is 0 Å². The van der Waals surface area contributed by atoms with E-state index in [0.717, 1.165) is 13.0 Å². The van der Waals surface area contributed by atoms with Crippen LogP contribution in [-0.4, -0.2) is 23.8 Å². The van der Waals surface area contributed by atoms with Crippen molar-refractivity contribution in [3.05, 3.63) is 0 Å². The number of hydrogen-bond acceptors (Lipinski definition) is 2. The highest BCUT2D eigenvalue weighted by Gasteiger charge is 2.23. The fourth-order valence-corrected chi connectivity index (χ4v) is 0.966. The van der Waals surface area contributed by atoms with Gasteiger partial charge in [0.25, 0.3) is 0 Å². The van der Waals surface area contributed by atoms with Crippen molar-refractivity contribution in [1.82, 2.24) is 0 Å². The Bertz CT molecular complexity index is 129. The van der Waals surface area contributed by atoms with Crippen LogP contribution < -0.4 is 0 Å². The van der Waals surface area contributed by atoms with Crippen LogP contribution in [0.2, 0.25) is 0 Å². The zero-order valence-corrected chi connectivity index (χ0v) is 6.04. The normalized spacial score (nSPS) is 27.1. The van der Waals surface area contributed by atoms with Crippen molar-refractivity contribution in [2.75, 3.05) is 6.61 Å². The molecule has 1 saturated heterocycles. The number of carboxylic acids is 1. The summed E-state index contributed by atoms with van der Waals surface area (Å²) in [7, 11) is 0. The minimum Gasteiger partial charge on any atom is -0.481 e. The van der Waals surface area contributed by atoms with E-state index in [1.54, 1.807) is 6.92 Å². The summed E-state index contributed by atoms with van der Waals surface area (Å²) >= 11 is 0. The fourth-order valence-electron chi connectivity index (χ4n) is 0.966. The maximum atomic E-state index is 10.3. The van der Waals surface area contributed by atoms with Gasteiger partial charge in [-0.25, -0.2) is 0 Å². The minimum atomic E-state index is -0.726. The summed E-state index contributed by atoms with van der Waals surface area (Å²) in [5.41, 5.74) is 0. The lowest BCUT2D eigenvalue weighted by atomic mass is 10.00. The zero-order chi connectivity index (χ0) is 7.56. The molecule has 1 rings (SSSR count). The Labute approximate surface area is 60.0 Å². The van der Waals surface area contributed by atoms with Gasteiger partial charge in [-0.3, -0.25) is 4.79 Å². The van der Waals surface area contributed by atoms with Crippen LogP contribution in [0.5, 0.6) is 0 Å². The zero-order valence-electron chi connectivity index (χ0n) is 6.04. The van der Waals surface area contributed by atoms with Gasteiger partial charge in [0.1, 0.15) is 0 Å². The van der Waals surface area contributed by atoms with Crippen LogP contribution in [0.1, 0.15) is 19.8 Å². The average molecular weight is 144 g/mol. The highest BCUT2D eigenvalue weighted by molar-refractivity contribution is 5.69. The van der Waals surface area contributed by atoms with Gasteiger partial charge in [0.2, 0.25) is 0 Å². The van der Waals surface area contributed by atoms with Crippen molar-refractivity contribution in [1.29, 1.82) is 0 Å². The van der Waals surface area contributed by atoms with Gasteiger partial charge in [-0.2, -0.15) is 0 Å². The van der Waals surface area contributed by atoms with Gasteiger partial charge in [-0.15, -0.1) is 0 Å². The molecule has 0 aromatic heterocycles. The van der Waals surface area contributed by atoms with E-state index in [4.69, 9.17) is 9.84 Å². The molecule has 1 fully saturated rings. The third-order valence-corrected chi connectivity index (χ3v) is 1.83. The molecule has 2 atom stereocenters. The monoisotopic (exact) mass is 144 g/mol. The lowest BCUT2D eigenvalue weighted by Crippen LogP contribution is -2.30. The molecule has 0 bridgehead atoms. The Morgan fingerprint density at radius 1 is 1.90 bits per heavy atom. The highest BCUT2D eigenvalue weighted by Crippen LogP contribution is 2.19. The molecule has 58 valence electrons. The van der Waals surface area contributed by atoms with Gasteiger partial charge >= 0.3 is 5.97 Å². The van der Waals surface area contributed by atoms with Gasteiger partial charge in [-0.1, -0.05) is 6.92 Å². The van der Waals surface area contributed by atoms with E-state index in [9.17, 15) is 4.79 Å². The molecule has 2 unspecified atom stereocenters. The lowest BCUT2D eigenvalue weighted by Gasteiger charge is -2.27. The van der Waals surface area contributed by atoms with Gasteiger partial charge in [0, 0.05) is 6.61 Å².